The third-order valence-corrected chi connectivity index (χ3v) is 3.41. The van der Waals surface area contributed by atoms with Crippen LogP contribution in [0.4, 0.5) is 0 Å². The van der Waals surface area contributed by atoms with Crippen molar-refractivity contribution in [2.75, 3.05) is 0 Å². The molecule has 0 fully saturated rings. The van der Waals surface area contributed by atoms with Gasteiger partial charge in [-0.05, 0) is 36.5 Å². The minimum Gasteiger partial charge on any atom is -0.321 e. The summed E-state index contributed by atoms with van der Waals surface area (Å²) in [7, 11) is 0. The van der Waals surface area contributed by atoms with E-state index >= 15 is 0 Å². The molecule has 2 aromatic rings. The summed E-state index contributed by atoms with van der Waals surface area (Å²) in [6.07, 6.45) is 1.91. The Hall–Kier alpha value is -1.60. The summed E-state index contributed by atoms with van der Waals surface area (Å²) < 4.78 is 0. The molecule has 0 aliphatic heterocycles. The van der Waals surface area contributed by atoms with Gasteiger partial charge in [0.15, 0.2) is 0 Å². The minimum atomic E-state index is -0.313. The SMILES string of the molecule is CCc1cccc(C(C)(N)Cc2ccccc2)c1. The number of nitrogens with two attached hydrogens (primary N) is 1. The topological polar surface area (TPSA) is 26.0 Å². The summed E-state index contributed by atoms with van der Waals surface area (Å²) in [5.41, 5.74) is 10.0. The number of aryl methyl sites for hydroxylation is 1. The lowest BCUT2D eigenvalue weighted by Crippen LogP contribution is -2.35. The Bertz CT molecular complexity index is 500. The molecule has 0 heterocycles. The van der Waals surface area contributed by atoms with E-state index in [1.165, 1.54) is 16.7 Å². The second-order valence-corrected chi connectivity index (χ2v) is 5.13. The molecule has 2 N–H and O–H groups in total. The standard InChI is InChI=1S/C17H21N/c1-3-14-10-7-11-16(12-14)17(2,18)13-15-8-5-4-6-9-15/h4-12H,3,13,18H2,1-2H3. The highest BCUT2D eigenvalue weighted by atomic mass is 14.7. The fraction of sp³-hybridized carbons (Fsp3) is 0.294. The van der Waals surface area contributed by atoms with Crippen molar-refractivity contribution in [3.63, 3.8) is 0 Å². The molecule has 1 unspecified atom stereocenters. The Morgan fingerprint density at radius 3 is 2.28 bits per heavy atom. The van der Waals surface area contributed by atoms with Crippen LogP contribution in [0.2, 0.25) is 0 Å². The first-order chi connectivity index (χ1) is 8.62. The highest BCUT2D eigenvalue weighted by Crippen LogP contribution is 2.23. The Balaban J connectivity index is 2.24. The average molecular weight is 239 g/mol. The molecular weight excluding hydrogens is 218 g/mol. The van der Waals surface area contributed by atoms with Crippen LogP contribution in [-0.2, 0) is 18.4 Å². The molecule has 1 heteroatoms. The molecule has 0 bridgehead atoms. The van der Waals surface area contributed by atoms with E-state index in [1.54, 1.807) is 0 Å². The van der Waals surface area contributed by atoms with Gasteiger partial charge in [-0.1, -0.05) is 61.5 Å². The van der Waals surface area contributed by atoms with Crippen molar-refractivity contribution in [2.24, 2.45) is 5.73 Å². The van der Waals surface area contributed by atoms with Crippen LogP contribution < -0.4 is 5.73 Å². The lowest BCUT2D eigenvalue weighted by molar-refractivity contribution is 0.491. The highest BCUT2D eigenvalue weighted by molar-refractivity contribution is 5.31. The van der Waals surface area contributed by atoms with Gasteiger partial charge in [0, 0.05) is 5.54 Å². The third-order valence-electron chi connectivity index (χ3n) is 3.41. The molecular formula is C17H21N. The van der Waals surface area contributed by atoms with Gasteiger partial charge in [0.05, 0.1) is 0 Å². The fourth-order valence-corrected chi connectivity index (χ4v) is 2.27. The predicted octanol–water partition coefficient (Wildman–Crippen LogP) is 3.67. The number of benzene rings is 2. The maximum atomic E-state index is 6.49. The van der Waals surface area contributed by atoms with E-state index in [2.05, 4.69) is 62.4 Å². The zero-order valence-corrected chi connectivity index (χ0v) is 11.2. The van der Waals surface area contributed by atoms with E-state index in [-0.39, 0.29) is 5.54 Å². The summed E-state index contributed by atoms with van der Waals surface area (Å²) >= 11 is 0. The number of hydrogen-bond acceptors (Lipinski definition) is 1. The molecule has 0 amide bonds. The van der Waals surface area contributed by atoms with Crippen LogP contribution in [0.15, 0.2) is 54.6 Å². The normalized spacial score (nSPS) is 14.2. The van der Waals surface area contributed by atoms with Crippen LogP contribution in [0, 0.1) is 0 Å². The zero-order chi connectivity index (χ0) is 13.0. The van der Waals surface area contributed by atoms with Gasteiger partial charge in [0.1, 0.15) is 0 Å². The summed E-state index contributed by atoms with van der Waals surface area (Å²) in [5, 5.41) is 0. The van der Waals surface area contributed by atoms with Gasteiger partial charge in [-0.25, -0.2) is 0 Å². The molecule has 0 radical (unpaired) electrons. The maximum Gasteiger partial charge on any atom is 0.0421 e. The van der Waals surface area contributed by atoms with Crippen LogP contribution in [0.5, 0.6) is 0 Å². The minimum absolute atomic E-state index is 0.313. The quantitative estimate of drug-likeness (QED) is 0.865. The van der Waals surface area contributed by atoms with Crippen molar-refractivity contribution in [1.82, 2.24) is 0 Å². The van der Waals surface area contributed by atoms with Gasteiger partial charge in [-0.2, -0.15) is 0 Å². The molecule has 0 saturated carbocycles. The molecule has 0 aliphatic carbocycles. The first-order valence-corrected chi connectivity index (χ1v) is 6.54. The van der Waals surface area contributed by atoms with E-state index in [0.29, 0.717) is 0 Å². The number of hydrogen-bond donors (Lipinski definition) is 1. The van der Waals surface area contributed by atoms with Crippen molar-refractivity contribution in [1.29, 1.82) is 0 Å². The highest BCUT2D eigenvalue weighted by Gasteiger charge is 2.21. The van der Waals surface area contributed by atoms with Crippen LogP contribution in [0.3, 0.4) is 0 Å². The van der Waals surface area contributed by atoms with E-state index in [0.717, 1.165) is 12.8 Å². The summed E-state index contributed by atoms with van der Waals surface area (Å²) in [6.45, 7) is 4.28. The Labute approximate surface area is 110 Å². The van der Waals surface area contributed by atoms with Crippen LogP contribution in [0.25, 0.3) is 0 Å². The maximum absolute atomic E-state index is 6.49. The van der Waals surface area contributed by atoms with E-state index in [1.807, 2.05) is 6.07 Å². The molecule has 0 aromatic heterocycles. The first-order valence-electron chi connectivity index (χ1n) is 6.54. The fourth-order valence-electron chi connectivity index (χ4n) is 2.27. The Morgan fingerprint density at radius 2 is 1.61 bits per heavy atom. The van der Waals surface area contributed by atoms with E-state index < -0.39 is 0 Å². The molecule has 18 heavy (non-hydrogen) atoms. The Morgan fingerprint density at radius 1 is 0.944 bits per heavy atom. The molecule has 0 spiro atoms. The van der Waals surface area contributed by atoms with Gasteiger partial charge in [0.2, 0.25) is 0 Å². The summed E-state index contributed by atoms with van der Waals surface area (Å²) in [5.74, 6) is 0. The van der Waals surface area contributed by atoms with Gasteiger partial charge >= 0.3 is 0 Å². The number of rotatable bonds is 4. The molecule has 2 rings (SSSR count). The van der Waals surface area contributed by atoms with Crippen LogP contribution in [-0.4, -0.2) is 0 Å². The molecule has 1 atom stereocenters. The molecule has 94 valence electrons. The molecule has 2 aromatic carbocycles. The second-order valence-electron chi connectivity index (χ2n) is 5.13. The van der Waals surface area contributed by atoms with Gasteiger partial charge < -0.3 is 5.73 Å². The van der Waals surface area contributed by atoms with Gasteiger partial charge in [0.25, 0.3) is 0 Å². The Kier molecular flexibility index (Phi) is 3.83. The molecule has 1 nitrogen and oxygen atoms in total. The molecule has 0 saturated heterocycles. The van der Waals surface area contributed by atoms with Crippen molar-refractivity contribution in [3.8, 4) is 0 Å². The average Bonchev–Trinajstić information content (AvgIpc) is 2.39. The largest absolute Gasteiger partial charge is 0.321 e. The van der Waals surface area contributed by atoms with Crippen molar-refractivity contribution in [2.45, 2.75) is 32.2 Å². The summed E-state index contributed by atoms with van der Waals surface area (Å²) in [4.78, 5) is 0. The van der Waals surface area contributed by atoms with Crippen molar-refractivity contribution < 1.29 is 0 Å². The summed E-state index contributed by atoms with van der Waals surface area (Å²) in [6, 6.07) is 19.0. The van der Waals surface area contributed by atoms with Gasteiger partial charge in [-0.3, -0.25) is 0 Å². The van der Waals surface area contributed by atoms with Gasteiger partial charge in [-0.15, -0.1) is 0 Å². The van der Waals surface area contributed by atoms with Crippen molar-refractivity contribution in [3.05, 3.63) is 71.3 Å². The lowest BCUT2D eigenvalue weighted by Gasteiger charge is -2.26. The smallest absolute Gasteiger partial charge is 0.0421 e. The van der Waals surface area contributed by atoms with Crippen LogP contribution in [0.1, 0.15) is 30.5 Å². The third kappa shape index (κ3) is 2.99. The molecule has 0 aliphatic rings. The zero-order valence-electron chi connectivity index (χ0n) is 11.2. The van der Waals surface area contributed by atoms with Crippen LogP contribution >= 0.6 is 0 Å². The van der Waals surface area contributed by atoms with Crippen molar-refractivity contribution >= 4 is 0 Å². The van der Waals surface area contributed by atoms with E-state index in [4.69, 9.17) is 5.73 Å². The van der Waals surface area contributed by atoms with E-state index in [9.17, 15) is 0 Å². The predicted molar refractivity (Wildman–Crippen MR) is 77.5 cm³/mol. The second kappa shape index (κ2) is 5.36. The lowest BCUT2D eigenvalue weighted by atomic mass is 9.85. The monoisotopic (exact) mass is 239 g/mol. The first kappa shape index (κ1) is 12.8.